The summed E-state index contributed by atoms with van der Waals surface area (Å²) in [6.07, 6.45) is 5.32. The van der Waals surface area contributed by atoms with Gasteiger partial charge in [0.2, 0.25) is 0 Å². The van der Waals surface area contributed by atoms with Crippen LogP contribution >= 0.6 is 0 Å². The van der Waals surface area contributed by atoms with Crippen molar-refractivity contribution < 1.29 is 14.7 Å². The average Bonchev–Trinajstić information content (AvgIpc) is 2.91. The number of carboxylic acid groups (broad SMARTS) is 1. The summed E-state index contributed by atoms with van der Waals surface area (Å²) in [6.45, 7) is 7.48. The van der Waals surface area contributed by atoms with E-state index in [0.29, 0.717) is 18.7 Å². The first-order valence-electron chi connectivity index (χ1n) is 9.88. The molecule has 0 aromatic carbocycles. The molecule has 150 valence electrons. The van der Waals surface area contributed by atoms with E-state index in [1.807, 2.05) is 29.0 Å². The first-order chi connectivity index (χ1) is 13.0. The molecule has 0 spiro atoms. The number of nitrogens with zero attached hydrogens (tertiary/aromatic N) is 4. The summed E-state index contributed by atoms with van der Waals surface area (Å²) in [6, 6.07) is 3.99. The highest BCUT2D eigenvalue weighted by Gasteiger charge is 2.24. The lowest BCUT2D eigenvalue weighted by atomic mass is 10.1. The molecule has 1 fully saturated rings. The second-order valence-electron chi connectivity index (χ2n) is 7.17. The van der Waals surface area contributed by atoms with Gasteiger partial charge in [-0.3, -0.25) is 14.5 Å². The number of likely N-dealkylation sites (tertiary alicyclic amines) is 1. The third-order valence-corrected chi connectivity index (χ3v) is 5.19. The highest BCUT2D eigenvalue weighted by molar-refractivity contribution is 5.94. The van der Waals surface area contributed by atoms with Gasteiger partial charge in [-0.05, 0) is 51.8 Å². The van der Waals surface area contributed by atoms with Gasteiger partial charge in [-0.25, -0.2) is 4.98 Å². The number of likely N-dealkylation sites (N-methyl/N-ethyl adjacent to an activating group) is 1. The Morgan fingerprint density at radius 1 is 1.26 bits per heavy atom. The Morgan fingerprint density at radius 2 is 2.04 bits per heavy atom. The molecule has 1 N–H and O–H groups in total. The summed E-state index contributed by atoms with van der Waals surface area (Å²) in [5.41, 5.74) is 0.614. The Morgan fingerprint density at radius 3 is 2.63 bits per heavy atom. The first-order valence-corrected chi connectivity index (χ1v) is 9.88. The van der Waals surface area contributed by atoms with Crippen LogP contribution in [-0.2, 0) is 4.79 Å². The molecule has 2 heterocycles. The quantitative estimate of drug-likeness (QED) is 0.750. The lowest BCUT2D eigenvalue weighted by Crippen LogP contribution is -2.37. The Balaban J connectivity index is 1.98. The van der Waals surface area contributed by atoms with Crippen molar-refractivity contribution in [3.8, 4) is 0 Å². The number of rotatable bonds is 8. The Kier molecular flexibility index (Phi) is 8.03. The molecule has 2 rings (SSSR count). The monoisotopic (exact) mass is 376 g/mol. The van der Waals surface area contributed by atoms with Crippen molar-refractivity contribution in [1.29, 1.82) is 0 Å². The molecule has 27 heavy (non-hydrogen) atoms. The van der Waals surface area contributed by atoms with Gasteiger partial charge in [-0.1, -0.05) is 6.92 Å². The number of hydrogen-bond acceptors (Lipinski definition) is 5. The van der Waals surface area contributed by atoms with Crippen LogP contribution in [-0.4, -0.2) is 77.6 Å². The molecule has 0 bridgehead atoms. The highest BCUT2D eigenvalue weighted by atomic mass is 16.4. The molecule has 1 aromatic heterocycles. The average molecular weight is 377 g/mol. The van der Waals surface area contributed by atoms with Crippen molar-refractivity contribution in [2.24, 2.45) is 0 Å². The van der Waals surface area contributed by atoms with Crippen LogP contribution < -0.4 is 4.90 Å². The standard InChI is InChI=1S/C20H32N4O3/c1-4-11-23(5-2)18-9-8-16(14-21-18)20(27)24-12-6-7-17(10-13-24)22(3)15-19(25)26/h8-9,14,17H,4-7,10-13,15H2,1-3H3,(H,25,26)/t17-/m0/s1. The second kappa shape index (κ2) is 10.3. The molecule has 1 atom stereocenters. The molecule has 7 heteroatoms. The molecule has 1 amide bonds. The largest absolute Gasteiger partial charge is 0.480 e. The van der Waals surface area contributed by atoms with Crippen molar-refractivity contribution in [2.45, 2.75) is 45.6 Å². The molecule has 0 saturated carbocycles. The van der Waals surface area contributed by atoms with E-state index in [4.69, 9.17) is 5.11 Å². The van der Waals surface area contributed by atoms with E-state index in [1.54, 1.807) is 6.20 Å². The lowest BCUT2D eigenvalue weighted by molar-refractivity contribution is -0.138. The van der Waals surface area contributed by atoms with Crippen LogP contribution in [0, 0.1) is 0 Å². The SMILES string of the molecule is CCCN(CC)c1ccc(C(=O)N2CCC[C@H](N(C)CC(=O)O)CC2)cn1. The molecule has 1 aromatic rings. The van der Waals surface area contributed by atoms with Crippen molar-refractivity contribution >= 4 is 17.7 Å². The van der Waals surface area contributed by atoms with E-state index in [2.05, 4.69) is 23.7 Å². The number of carbonyl (C=O) groups excluding carboxylic acids is 1. The molecule has 1 aliphatic rings. The fourth-order valence-electron chi connectivity index (χ4n) is 3.65. The molecule has 0 unspecified atom stereocenters. The molecular formula is C20H32N4O3. The summed E-state index contributed by atoms with van der Waals surface area (Å²) in [7, 11) is 1.84. The van der Waals surface area contributed by atoms with Crippen molar-refractivity contribution in [1.82, 2.24) is 14.8 Å². The Labute approximate surface area is 162 Å². The predicted octanol–water partition coefficient (Wildman–Crippen LogP) is 2.33. The third-order valence-electron chi connectivity index (χ3n) is 5.19. The summed E-state index contributed by atoms with van der Waals surface area (Å²) in [5.74, 6) is 0.0984. The van der Waals surface area contributed by atoms with Gasteiger partial charge >= 0.3 is 5.97 Å². The third kappa shape index (κ3) is 5.92. The van der Waals surface area contributed by atoms with Gasteiger partial charge in [0.05, 0.1) is 12.1 Å². The summed E-state index contributed by atoms with van der Waals surface area (Å²) < 4.78 is 0. The summed E-state index contributed by atoms with van der Waals surface area (Å²) >= 11 is 0. The second-order valence-corrected chi connectivity index (χ2v) is 7.17. The van der Waals surface area contributed by atoms with Crippen LogP contribution in [0.2, 0.25) is 0 Å². The van der Waals surface area contributed by atoms with Crippen molar-refractivity contribution in [3.63, 3.8) is 0 Å². The normalized spacial score (nSPS) is 17.6. The van der Waals surface area contributed by atoms with Crippen LogP contribution in [0.25, 0.3) is 0 Å². The minimum Gasteiger partial charge on any atom is -0.480 e. The van der Waals surface area contributed by atoms with Crippen LogP contribution in [0.4, 0.5) is 5.82 Å². The molecular weight excluding hydrogens is 344 g/mol. The number of carbonyl (C=O) groups is 2. The van der Waals surface area contributed by atoms with Crippen LogP contribution in [0.1, 0.15) is 49.9 Å². The number of anilines is 1. The Bertz CT molecular complexity index is 620. The van der Waals surface area contributed by atoms with Gasteiger partial charge in [0, 0.05) is 38.4 Å². The minimum atomic E-state index is -0.815. The number of hydrogen-bond donors (Lipinski definition) is 1. The first kappa shape index (κ1) is 21.2. The van der Waals surface area contributed by atoms with E-state index in [-0.39, 0.29) is 18.5 Å². The van der Waals surface area contributed by atoms with Crippen molar-refractivity contribution in [2.75, 3.05) is 44.7 Å². The number of aliphatic carboxylic acids is 1. The van der Waals surface area contributed by atoms with E-state index in [1.165, 1.54) is 0 Å². The smallest absolute Gasteiger partial charge is 0.317 e. The predicted molar refractivity (Wildman–Crippen MR) is 106 cm³/mol. The summed E-state index contributed by atoms with van der Waals surface area (Å²) in [4.78, 5) is 34.2. The molecule has 7 nitrogen and oxygen atoms in total. The maximum absolute atomic E-state index is 12.8. The van der Waals surface area contributed by atoms with Gasteiger partial charge in [0.25, 0.3) is 5.91 Å². The Hall–Kier alpha value is -2.15. The summed E-state index contributed by atoms with van der Waals surface area (Å²) in [5, 5.41) is 8.97. The number of carboxylic acids is 1. The van der Waals surface area contributed by atoms with E-state index >= 15 is 0 Å². The van der Waals surface area contributed by atoms with Crippen LogP contribution in [0.5, 0.6) is 0 Å². The van der Waals surface area contributed by atoms with Gasteiger partial charge in [-0.15, -0.1) is 0 Å². The van der Waals surface area contributed by atoms with E-state index in [0.717, 1.165) is 44.6 Å². The minimum absolute atomic E-state index is 0.00845. The number of pyridine rings is 1. The van der Waals surface area contributed by atoms with Gasteiger partial charge in [0.15, 0.2) is 0 Å². The van der Waals surface area contributed by atoms with E-state index < -0.39 is 5.97 Å². The maximum atomic E-state index is 12.8. The molecule has 0 radical (unpaired) electrons. The van der Waals surface area contributed by atoms with Crippen molar-refractivity contribution in [3.05, 3.63) is 23.9 Å². The van der Waals surface area contributed by atoms with Crippen LogP contribution in [0.15, 0.2) is 18.3 Å². The molecule has 1 saturated heterocycles. The zero-order chi connectivity index (χ0) is 19.8. The zero-order valence-corrected chi connectivity index (χ0v) is 16.7. The van der Waals surface area contributed by atoms with E-state index in [9.17, 15) is 9.59 Å². The topological polar surface area (TPSA) is 77.0 Å². The maximum Gasteiger partial charge on any atom is 0.317 e. The fourth-order valence-corrected chi connectivity index (χ4v) is 3.65. The fraction of sp³-hybridized carbons (Fsp3) is 0.650. The molecule has 0 aliphatic carbocycles. The lowest BCUT2D eigenvalue weighted by Gasteiger charge is -2.25. The highest BCUT2D eigenvalue weighted by Crippen LogP contribution is 2.18. The number of amides is 1. The van der Waals surface area contributed by atoms with Crippen LogP contribution in [0.3, 0.4) is 0 Å². The number of aromatic nitrogens is 1. The molecule has 1 aliphatic heterocycles. The van der Waals surface area contributed by atoms with Gasteiger partial charge < -0.3 is 14.9 Å². The van der Waals surface area contributed by atoms with Gasteiger partial charge in [0.1, 0.15) is 5.82 Å². The van der Waals surface area contributed by atoms with Gasteiger partial charge in [-0.2, -0.15) is 0 Å². The zero-order valence-electron chi connectivity index (χ0n) is 16.7.